The standard InChI is InChI=1S/C25H28FN7O/c1-17-12-28-24(30-19-13-29-33(14-19)20-5-9-32(2)10-6-20)31-23(17)18-3-4-22(21(26)11-18)34-16-25(15-27)7-8-25/h3-4,11-14,20H,5-10,16H2,1-2H3,(H,28,30,31). The molecule has 2 aliphatic rings. The van der Waals surface area contributed by atoms with Crippen molar-refractivity contribution in [3.05, 3.63) is 48.2 Å². The van der Waals surface area contributed by atoms with Crippen molar-refractivity contribution in [2.75, 3.05) is 32.1 Å². The number of rotatable bonds is 7. The van der Waals surface area contributed by atoms with Gasteiger partial charge in [0.1, 0.15) is 6.61 Å². The predicted molar refractivity (Wildman–Crippen MR) is 126 cm³/mol. The minimum atomic E-state index is -0.474. The summed E-state index contributed by atoms with van der Waals surface area (Å²) >= 11 is 0. The van der Waals surface area contributed by atoms with Crippen molar-refractivity contribution in [3.63, 3.8) is 0 Å². The van der Waals surface area contributed by atoms with Gasteiger partial charge >= 0.3 is 0 Å². The van der Waals surface area contributed by atoms with Crippen LogP contribution in [-0.4, -0.2) is 51.4 Å². The van der Waals surface area contributed by atoms with Crippen molar-refractivity contribution >= 4 is 11.6 Å². The van der Waals surface area contributed by atoms with Gasteiger partial charge in [-0.15, -0.1) is 0 Å². The van der Waals surface area contributed by atoms with Crippen LogP contribution in [0.15, 0.2) is 36.8 Å². The first kappa shape index (κ1) is 22.3. The maximum Gasteiger partial charge on any atom is 0.227 e. The summed E-state index contributed by atoms with van der Waals surface area (Å²) in [5, 5.41) is 16.9. The highest BCUT2D eigenvalue weighted by atomic mass is 19.1. The molecule has 9 heteroatoms. The second-order valence-corrected chi connectivity index (χ2v) is 9.42. The molecule has 0 amide bonds. The molecule has 1 saturated heterocycles. The van der Waals surface area contributed by atoms with E-state index in [0.29, 0.717) is 23.2 Å². The van der Waals surface area contributed by atoms with Crippen LogP contribution in [0.4, 0.5) is 16.0 Å². The Labute approximate surface area is 198 Å². The van der Waals surface area contributed by atoms with Crippen molar-refractivity contribution in [2.45, 2.75) is 38.6 Å². The zero-order valence-corrected chi connectivity index (χ0v) is 19.5. The number of aromatic nitrogens is 4. The average Bonchev–Trinajstić information content (AvgIpc) is 3.48. The highest BCUT2D eigenvalue weighted by Crippen LogP contribution is 2.45. The smallest absolute Gasteiger partial charge is 0.227 e. The van der Waals surface area contributed by atoms with Crippen molar-refractivity contribution in [2.24, 2.45) is 5.41 Å². The number of hydrogen-bond acceptors (Lipinski definition) is 7. The summed E-state index contributed by atoms with van der Waals surface area (Å²) in [5.41, 5.74) is 2.48. The summed E-state index contributed by atoms with van der Waals surface area (Å²) in [5.74, 6) is 0.101. The van der Waals surface area contributed by atoms with Crippen LogP contribution in [0.3, 0.4) is 0 Å². The second-order valence-electron chi connectivity index (χ2n) is 9.42. The maximum atomic E-state index is 14.7. The molecule has 1 N–H and O–H groups in total. The van der Waals surface area contributed by atoms with Crippen molar-refractivity contribution in [3.8, 4) is 23.1 Å². The Balaban J connectivity index is 1.29. The minimum Gasteiger partial charge on any atom is -0.489 e. The molecule has 0 atom stereocenters. The molecular weight excluding hydrogens is 433 g/mol. The van der Waals surface area contributed by atoms with Crippen molar-refractivity contribution in [1.82, 2.24) is 24.6 Å². The molecule has 1 aromatic carbocycles. The van der Waals surface area contributed by atoms with E-state index < -0.39 is 11.2 Å². The molecule has 2 aromatic heterocycles. The van der Waals surface area contributed by atoms with E-state index in [-0.39, 0.29) is 12.4 Å². The summed E-state index contributed by atoms with van der Waals surface area (Å²) in [7, 11) is 2.14. The molecule has 0 bridgehead atoms. The van der Waals surface area contributed by atoms with E-state index in [1.165, 1.54) is 6.07 Å². The molecule has 5 rings (SSSR count). The molecule has 1 aliphatic carbocycles. The summed E-state index contributed by atoms with van der Waals surface area (Å²) < 4.78 is 22.3. The number of nitrogens with one attached hydrogen (secondary N) is 1. The van der Waals surface area contributed by atoms with Gasteiger partial charge in [-0.3, -0.25) is 4.68 Å². The number of anilines is 2. The molecule has 3 heterocycles. The van der Waals surface area contributed by atoms with E-state index in [9.17, 15) is 9.65 Å². The van der Waals surface area contributed by atoms with Crippen LogP contribution in [-0.2, 0) is 0 Å². The number of ether oxygens (including phenoxy) is 1. The van der Waals surface area contributed by atoms with E-state index in [2.05, 4.69) is 38.4 Å². The van der Waals surface area contributed by atoms with Crippen LogP contribution < -0.4 is 10.1 Å². The molecule has 3 aromatic rings. The molecular formula is C25H28FN7O. The number of nitrogens with zero attached hydrogens (tertiary/aromatic N) is 6. The summed E-state index contributed by atoms with van der Waals surface area (Å²) in [6, 6.07) is 7.44. The third kappa shape index (κ3) is 4.73. The van der Waals surface area contributed by atoms with Gasteiger partial charge in [0.15, 0.2) is 11.6 Å². The number of nitriles is 1. The molecule has 0 radical (unpaired) electrons. The third-order valence-corrected chi connectivity index (χ3v) is 6.69. The third-order valence-electron chi connectivity index (χ3n) is 6.69. The van der Waals surface area contributed by atoms with Gasteiger partial charge < -0.3 is 15.0 Å². The van der Waals surface area contributed by atoms with Crippen LogP contribution in [0.1, 0.15) is 37.3 Å². The zero-order chi connectivity index (χ0) is 23.7. The normalized spacial score (nSPS) is 17.8. The molecule has 8 nitrogen and oxygen atoms in total. The Morgan fingerprint density at radius 3 is 2.76 bits per heavy atom. The fourth-order valence-electron chi connectivity index (χ4n) is 4.21. The van der Waals surface area contributed by atoms with Crippen LogP contribution in [0, 0.1) is 29.5 Å². The van der Waals surface area contributed by atoms with Gasteiger partial charge in [-0.05, 0) is 76.5 Å². The lowest BCUT2D eigenvalue weighted by Gasteiger charge is -2.28. The molecule has 1 saturated carbocycles. The van der Waals surface area contributed by atoms with Gasteiger partial charge in [-0.25, -0.2) is 14.4 Å². The molecule has 0 spiro atoms. The number of likely N-dealkylation sites (tertiary alicyclic amines) is 1. The first-order chi connectivity index (χ1) is 16.4. The Bertz CT molecular complexity index is 1220. The van der Waals surface area contributed by atoms with Crippen molar-refractivity contribution in [1.29, 1.82) is 5.26 Å². The van der Waals surface area contributed by atoms with Crippen LogP contribution in [0.5, 0.6) is 5.75 Å². The number of hydrogen-bond donors (Lipinski definition) is 1. The Morgan fingerprint density at radius 1 is 1.26 bits per heavy atom. The predicted octanol–water partition coefficient (Wildman–Crippen LogP) is 4.48. The van der Waals surface area contributed by atoms with E-state index in [4.69, 9.17) is 4.74 Å². The molecule has 0 unspecified atom stereocenters. The first-order valence-corrected chi connectivity index (χ1v) is 11.6. The van der Waals surface area contributed by atoms with Gasteiger partial charge in [-0.2, -0.15) is 10.4 Å². The van der Waals surface area contributed by atoms with Gasteiger partial charge in [0.05, 0.1) is 35.1 Å². The molecule has 2 fully saturated rings. The molecule has 176 valence electrons. The lowest BCUT2D eigenvalue weighted by Crippen LogP contribution is -2.31. The second kappa shape index (κ2) is 9.03. The summed E-state index contributed by atoms with van der Waals surface area (Å²) in [4.78, 5) is 11.4. The number of benzene rings is 1. The van der Waals surface area contributed by atoms with E-state index in [1.807, 2.05) is 17.8 Å². The van der Waals surface area contributed by atoms with Gasteiger partial charge in [-0.1, -0.05) is 0 Å². The molecule has 34 heavy (non-hydrogen) atoms. The SMILES string of the molecule is Cc1cnc(Nc2cnn(C3CCN(C)CC3)c2)nc1-c1ccc(OCC2(C#N)CC2)c(F)c1. The quantitative estimate of drug-likeness (QED) is 0.555. The fraction of sp³-hybridized carbons (Fsp3) is 0.440. The van der Waals surface area contributed by atoms with Crippen LogP contribution >= 0.6 is 0 Å². The Morgan fingerprint density at radius 2 is 2.06 bits per heavy atom. The number of piperidine rings is 1. The first-order valence-electron chi connectivity index (χ1n) is 11.6. The van der Waals surface area contributed by atoms with E-state index in [0.717, 1.165) is 50.0 Å². The van der Waals surface area contributed by atoms with Crippen molar-refractivity contribution < 1.29 is 9.13 Å². The highest BCUT2D eigenvalue weighted by Gasteiger charge is 2.44. The number of halogens is 1. The van der Waals surface area contributed by atoms with E-state index >= 15 is 0 Å². The Hall–Kier alpha value is -3.51. The number of aryl methyl sites for hydroxylation is 1. The minimum absolute atomic E-state index is 0.150. The molecule has 1 aliphatic heterocycles. The average molecular weight is 462 g/mol. The maximum absolute atomic E-state index is 14.7. The van der Waals surface area contributed by atoms with Gasteiger partial charge in [0.25, 0.3) is 0 Å². The summed E-state index contributed by atoms with van der Waals surface area (Å²) in [6.07, 6.45) is 9.24. The largest absolute Gasteiger partial charge is 0.489 e. The van der Waals surface area contributed by atoms with E-state index in [1.54, 1.807) is 24.5 Å². The fourth-order valence-corrected chi connectivity index (χ4v) is 4.21. The topological polar surface area (TPSA) is 91.9 Å². The van der Waals surface area contributed by atoms with Gasteiger partial charge in [0, 0.05) is 18.0 Å². The Kier molecular flexibility index (Phi) is 5.92. The summed E-state index contributed by atoms with van der Waals surface area (Å²) in [6.45, 7) is 4.24. The lowest BCUT2D eigenvalue weighted by molar-refractivity contribution is 0.212. The van der Waals surface area contributed by atoms with Gasteiger partial charge in [0.2, 0.25) is 5.95 Å². The highest BCUT2D eigenvalue weighted by molar-refractivity contribution is 5.65. The van der Waals surface area contributed by atoms with Crippen LogP contribution in [0.25, 0.3) is 11.3 Å². The monoisotopic (exact) mass is 461 g/mol. The zero-order valence-electron chi connectivity index (χ0n) is 19.5. The van der Waals surface area contributed by atoms with Crippen LogP contribution in [0.2, 0.25) is 0 Å². The lowest BCUT2D eigenvalue weighted by atomic mass is 10.1.